The molecule has 0 radical (unpaired) electrons. The van der Waals surface area contributed by atoms with Crippen LogP contribution in [0.1, 0.15) is 16.1 Å². The molecule has 1 saturated heterocycles. The van der Waals surface area contributed by atoms with Crippen LogP contribution in [0.4, 0.5) is 0 Å². The van der Waals surface area contributed by atoms with Gasteiger partial charge < -0.3 is 4.90 Å². The van der Waals surface area contributed by atoms with Gasteiger partial charge in [0.1, 0.15) is 0 Å². The number of hydrogen-bond donors (Lipinski definition) is 1. The van der Waals surface area contributed by atoms with Gasteiger partial charge in [-0.2, -0.15) is 16.9 Å². The van der Waals surface area contributed by atoms with Crippen molar-refractivity contribution in [3.63, 3.8) is 0 Å². The van der Waals surface area contributed by atoms with Gasteiger partial charge in [0.05, 0.1) is 11.8 Å². The number of aromatic amines is 1. The molecule has 2 heterocycles. The molecule has 0 spiro atoms. The van der Waals surface area contributed by atoms with Gasteiger partial charge in [0.25, 0.3) is 5.91 Å². The van der Waals surface area contributed by atoms with E-state index in [0.717, 1.165) is 30.3 Å². The van der Waals surface area contributed by atoms with Crippen LogP contribution in [0.2, 0.25) is 0 Å². The highest BCUT2D eigenvalue weighted by Gasteiger charge is 2.20. The van der Waals surface area contributed by atoms with Crippen LogP contribution < -0.4 is 0 Å². The molecule has 0 aromatic carbocycles. The number of nitrogens with one attached hydrogen (secondary N) is 1. The molecule has 0 saturated carbocycles. The number of amides is 1. The van der Waals surface area contributed by atoms with E-state index in [4.69, 9.17) is 0 Å². The predicted molar refractivity (Wildman–Crippen MR) is 56.6 cm³/mol. The molecule has 4 nitrogen and oxygen atoms in total. The summed E-state index contributed by atoms with van der Waals surface area (Å²) in [4.78, 5) is 13.8. The first-order valence-corrected chi connectivity index (χ1v) is 5.81. The van der Waals surface area contributed by atoms with Crippen molar-refractivity contribution in [1.29, 1.82) is 0 Å². The fourth-order valence-corrected chi connectivity index (χ4v) is 2.41. The standard InChI is InChI=1S/C9H13N3OS/c1-7-8(6-10-11-7)9(13)12-2-4-14-5-3-12/h6H,2-5H2,1H3,(H,10,11). The van der Waals surface area contributed by atoms with Gasteiger partial charge >= 0.3 is 0 Å². The predicted octanol–water partition coefficient (Wildman–Crippen LogP) is 0.907. The van der Waals surface area contributed by atoms with Gasteiger partial charge in [-0.15, -0.1) is 0 Å². The maximum atomic E-state index is 11.9. The second-order valence-corrected chi connectivity index (χ2v) is 4.54. The summed E-state index contributed by atoms with van der Waals surface area (Å²) in [6.45, 7) is 3.58. The zero-order valence-electron chi connectivity index (χ0n) is 8.12. The lowest BCUT2D eigenvalue weighted by molar-refractivity contribution is 0.0771. The average Bonchev–Trinajstić information content (AvgIpc) is 2.65. The molecule has 1 aromatic heterocycles. The number of aryl methyl sites for hydroxylation is 1. The number of hydrogen-bond acceptors (Lipinski definition) is 3. The second kappa shape index (κ2) is 4.04. The summed E-state index contributed by atoms with van der Waals surface area (Å²) in [5.41, 5.74) is 1.56. The first kappa shape index (κ1) is 9.58. The Morgan fingerprint density at radius 2 is 2.29 bits per heavy atom. The van der Waals surface area contributed by atoms with Gasteiger partial charge in [0, 0.05) is 30.3 Å². The van der Waals surface area contributed by atoms with Crippen LogP contribution in [-0.2, 0) is 0 Å². The molecule has 1 aromatic rings. The maximum absolute atomic E-state index is 11.9. The Hall–Kier alpha value is -0.970. The number of carbonyl (C=O) groups is 1. The van der Waals surface area contributed by atoms with E-state index in [-0.39, 0.29) is 5.91 Å². The first-order chi connectivity index (χ1) is 6.79. The molecule has 1 amide bonds. The highest BCUT2D eigenvalue weighted by molar-refractivity contribution is 7.99. The third-order valence-corrected chi connectivity index (χ3v) is 3.30. The SMILES string of the molecule is Cc1[nH]ncc1C(=O)N1CCSCC1. The average molecular weight is 211 g/mol. The van der Waals surface area contributed by atoms with Crippen LogP contribution in [0.25, 0.3) is 0 Å². The zero-order valence-corrected chi connectivity index (χ0v) is 8.93. The van der Waals surface area contributed by atoms with E-state index in [0.29, 0.717) is 5.56 Å². The highest BCUT2D eigenvalue weighted by atomic mass is 32.2. The van der Waals surface area contributed by atoms with Crippen LogP contribution in [-0.4, -0.2) is 45.6 Å². The van der Waals surface area contributed by atoms with Crippen molar-refractivity contribution < 1.29 is 4.79 Å². The number of rotatable bonds is 1. The monoisotopic (exact) mass is 211 g/mol. The molecule has 0 aliphatic carbocycles. The fraction of sp³-hybridized carbons (Fsp3) is 0.556. The molecular weight excluding hydrogens is 198 g/mol. The van der Waals surface area contributed by atoms with Crippen molar-refractivity contribution in [2.24, 2.45) is 0 Å². The van der Waals surface area contributed by atoms with Crippen molar-refractivity contribution in [2.45, 2.75) is 6.92 Å². The third kappa shape index (κ3) is 1.77. The van der Waals surface area contributed by atoms with Gasteiger partial charge in [-0.3, -0.25) is 9.89 Å². The number of aromatic nitrogens is 2. The summed E-state index contributed by atoms with van der Waals surface area (Å²) in [7, 11) is 0. The van der Waals surface area contributed by atoms with E-state index < -0.39 is 0 Å². The Bertz CT molecular complexity index is 331. The van der Waals surface area contributed by atoms with E-state index in [1.54, 1.807) is 6.20 Å². The van der Waals surface area contributed by atoms with Gasteiger partial charge in [-0.1, -0.05) is 0 Å². The van der Waals surface area contributed by atoms with Crippen molar-refractivity contribution in [3.05, 3.63) is 17.5 Å². The number of H-pyrrole nitrogens is 1. The van der Waals surface area contributed by atoms with Crippen molar-refractivity contribution in [2.75, 3.05) is 24.6 Å². The molecule has 0 atom stereocenters. The smallest absolute Gasteiger partial charge is 0.257 e. The Labute approximate surface area is 87.1 Å². The largest absolute Gasteiger partial charge is 0.337 e. The van der Waals surface area contributed by atoms with Crippen LogP contribution in [0.3, 0.4) is 0 Å². The summed E-state index contributed by atoms with van der Waals surface area (Å²) < 4.78 is 0. The van der Waals surface area contributed by atoms with E-state index in [2.05, 4.69) is 10.2 Å². The molecule has 14 heavy (non-hydrogen) atoms. The van der Waals surface area contributed by atoms with E-state index in [1.807, 2.05) is 23.6 Å². The normalized spacial score (nSPS) is 17.1. The van der Waals surface area contributed by atoms with Gasteiger partial charge in [-0.05, 0) is 6.92 Å². The van der Waals surface area contributed by atoms with Crippen molar-refractivity contribution in [1.82, 2.24) is 15.1 Å². The molecule has 76 valence electrons. The lowest BCUT2D eigenvalue weighted by atomic mass is 10.2. The summed E-state index contributed by atoms with van der Waals surface area (Å²) in [5.74, 6) is 2.20. The summed E-state index contributed by atoms with van der Waals surface area (Å²) in [5, 5.41) is 6.65. The molecule has 1 N–H and O–H groups in total. The second-order valence-electron chi connectivity index (χ2n) is 3.31. The molecule has 2 rings (SSSR count). The van der Waals surface area contributed by atoms with Gasteiger partial charge in [-0.25, -0.2) is 0 Å². The highest BCUT2D eigenvalue weighted by Crippen LogP contribution is 2.13. The molecular formula is C9H13N3OS. The molecule has 1 fully saturated rings. The van der Waals surface area contributed by atoms with Crippen LogP contribution in [0.15, 0.2) is 6.20 Å². The lowest BCUT2D eigenvalue weighted by Crippen LogP contribution is -2.38. The van der Waals surface area contributed by atoms with E-state index in [9.17, 15) is 4.79 Å². The van der Waals surface area contributed by atoms with E-state index in [1.165, 1.54) is 0 Å². The molecule has 1 aliphatic heterocycles. The molecule has 1 aliphatic rings. The fourth-order valence-electron chi connectivity index (χ4n) is 1.50. The summed E-state index contributed by atoms with van der Waals surface area (Å²) in [6.07, 6.45) is 1.61. The Balaban J connectivity index is 2.11. The zero-order chi connectivity index (χ0) is 9.97. The molecule has 0 unspecified atom stereocenters. The van der Waals surface area contributed by atoms with Crippen LogP contribution in [0, 0.1) is 6.92 Å². The first-order valence-electron chi connectivity index (χ1n) is 4.66. The van der Waals surface area contributed by atoms with Gasteiger partial charge in [0.15, 0.2) is 0 Å². The van der Waals surface area contributed by atoms with Gasteiger partial charge in [0.2, 0.25) is 0 Å². The quantitative estimate of drug-likeness (QED) is 0.751. The minimum absolute atomic E-state index is 0.108. The minimum atomic E-state index is 0.108. The maximum Gasteiger partial charge on any atom is 0.257 e. The Morgan fingerprint density at radius 3 is 2.86 bits per heavy atom. The Morgan fingerprint density at radius 1 is 1.57 bits per heavy atom. The summed E-state index contributed by atoms with van der Waals surface area (Å²) in [6, 6.07) is 0. The van der Waals surface area contributed by atoms with Crippen LogP contribution >= 0.6 is 11.8 Å². The summed E-state index contributed by atoms with van der Waals surface area (Å²) >= 11 is 1.90. The molecule has 0 bridgehead atoms. The Kier molecular flexibility index (Phi) is 2.77. The number of nitrogens with zero attached hydrogens (tertiary/aromatic N) is 2. The van der Waals surface area contributed by atoms with E-state index >= 15 is 0 Å². The third-order valence-electron chi connectivity index (χ3n) is 2.36. The minimum Gasteiger partial charge on any atom is -0.337 e. The molecule has 5 heteroatoms. The van der Waals surface area contributed by atoms with Crippen molar-refractivity contribution >= 4 is 17.7 Å². The topological polar surface area (TPSA) is 49.0 Å². The number of carbonyl (C=O) groups excluding carboxylic acids is 1. The van der Waals surface area contributed by atoms with Crippen molar-refractivity contribution in [3.8, 4) is 0 Å². The lowest BCUT2D eigenvalue weighted by Gasteiger charge is -2.26. The number of thioether (sulfide) groups is 1. The van der Waals surface area contributed by atoms with Crippen LogP contribution in [0.5, 0.6) is 0 Å².